The van der Waals surface area contributed by atoms with Crippen molar-refractivity contribution in [3.05, 3.63) is 53.8 Å². The fourth-order valence-electron chi connectivity index (χ4n) is 2.30. The Morgan fingerprint density at radius 2 is 2.04 bits per heavy atom. The number of nitrogens with one attached hydrogen (secondary N) is 2. The number of hydrogen-bond donors (Lipinski definition) is 2. The molecule has 2 aromatic heterocycles. The predicted octanol–water partition coefficient (Wildman–Crippen LogP) is 2.71. The molecular formula is C16H14FN3O4S. The highest BCUT2D eigenvalue weighted by atomic mass is 32.2. The number of fused-ring (bicyclic) bond motifs is 1. The first-order valence-corrected chi connectivity index (χ1v) is 9.05. The number of nitrogens with zero attached hydrogens (tertiary/aromatic N) is 1. The minimum atomic E-state index is -3.79. The lowest BCUT2D eigenvalue weighted by Gasteiger charge is -2.09. The number of rotatable bonds is 4. The SMILES string of the molecule is Cc1ccc(Nc2c(C(=O)NS(C)(=O)=O)oc3ccncc23)c(F)c1. The molecule has 0 bridgehead atoms. The fourth-order valence-corrected chi connectivity index (χ4v) is 2.73. The number of amides is 1. The van der Waals surface area contributed by atoms with E-state index in [1.54, 1.807) is 13.0 Å². The first kappa shape index (κ1) is 16.9. The number of aryl methyl sites for hydroxylation is 1. The highest BCUT2D eigenvalue weighted by molar-refractivity contribution is 7.89. The number of sulfonamides is 1. The van der Waals surface area contributed by atoms with Crippen LogP contribution in [-0.4, -0.2) is 25.6 Å². The summed E-state index contributed by atoms with van der Waals surface area (Å²) in [6.07, 6.45) is 3.74. The van der Waals surface area contributed by atoms with E-state index in [9.17, 15) is 17.6 Å². The maximum Gasteiger partial charge on any atom is 0.302 e. The molecule has 0 aliphatic heterocycles. The van der Waals surface area contributed by atoms with Crippen molar-refractivity contribution in [3.8, 4) is 0 Å². The summed E-state index contributed by atoms with van der Waals surface area (Å²) in [5.74, 6) is -1.77. The lowest BCUT2D eigenvalue weighted by Crippen LogP contribution is -2.29. The number of aromatic nitrogens is 1. The monoisotopic (exact) mass is 363 g/mol. The summed E-state index contributed by atoms with van der Waals surface area (Å²) in [5.41, 5.74) is 1.29. The summed E-state index contributed by atoms with van der Waals surface area (Å²) in [6.45, 7) is 1.75. The van der Waals surface area contributed by atoms with Crippen molar-refractivity contribution in [1.82, 2.24) is 9.71 Å². The van der Waals surface area contributed by atoms with Crippen LogP contribution in [0.1, 0.15) is 16.1 Å². The second-order valence-electron chi connectivity index (χ2n) is 5.49. The molecule has 130 valence electrons. The molecule has 1 amide bonds. The summed E-state index contributed by atoms with van der Waals surface area (Å²) >= 11 is 0. The minimum Gasteiger partial charge on any atom is -0.448 e. The Kier molecular flexibility index (Phi) is 4.17. The van der Waals surface area contributed by atoms with Gasteiger partial charge in [0.15, 0.2) is 0 Å². The van der Waals surface area contributed by atoms with Crippen LogP contribution in [0.3, 0.4) is 0 Å². The zero-order valence-corrected chi connectivity index (χ0v) is 14.1. The van der Waals surface area contributed by atoms with Gasteiger partial charge < -0.3 is 9.73 Å². The van der Waals surface area contributed by atoms with Gasteiger partial charge in [-0.2, -0.15) is 0 Å². The highest BCUT2D eigenvalue weighted by Gasteiger charge is 2.24. The van der Waals surface area contributed by atoms with Crippen molar-refractivity contribution in [2.45, 2.75) is 6.92 Å². The van der Waals surface area contributed by atoms with Crippen molar-refractivity contribution in [2.75, 3.05) is 11.6 Å². The van der Waals surface area contributed by atoms with Gasteiger partial charge in [-0.25, -0.2) is 17.5 Å². The first-order chi connectivity index (χ1) is 11.7. The third-order valence-electron chi connectivity index (χ3n) is 3.36. The van der Waals surface area contributed by atoms with Gasteiger partial charge in [0.05, 0.1) is 17.3 Å². The molecule has 0 aliphatic rings. The van der Waals surface area contributed by atoms with Gasteiger partial charge in [0.2, 0.25) is 15.8 Å². The molecule has 0 aliphatic carbocycles. The van der Waals surface area contributed by atoms with Gasteiger partial charge in [0.25, 0.3) is 0 Å². The van der Waals surface area contributed by atoms with Gasteiger partial charge in [0, 0.05) is 12.4 Å². The van der Waals surface area contributed by atoms with Crippen LogP contribution in [-0.2, 0) is 10.0 Å². The highest BCUT2D eigenvalue weighted by Crippen LogP contribution is 2.33. The van der Waals surface area contributed by atoms with E-state index in [0.29, 0.717) is 11.0 Å². The van der Waals surface area contributed by atoms with Crippen LogP contribution in [0.2, 0.25) is 0 Å². The third kappa shape index (κ3) is 3.61. The minimum absolute atomic E-state index is 0.116. The molecule has 2 heterocycles. The molecule has 9 heteroatoms. The molecule has 0 unspecified atom stereocenters. The summed E-state index contributed by atoms with van der Waals surface area (Å²) in [7, 11) is -3.79. The van der Waals surface area contributed by atoms with Gasteiger partial charge >= 0.3 is 5.91 Å². The normalized spacial score (nSPS) is 11.5. The topological polar surface area (TPSA) is 101 Å². The molecule has 3 rings (SSSR count). The number of halogens is 1. The molecule has 25 heavy (non-hydrogen) atoms. The molecule has 0 saturated carbocycles. The van der Waals surface area contributed by atoms with Crippen LogP contribution >= 0.6 is 0 Å². The van der Waals surface area contributed by atoms with Crippen LogP contribution in [0.25, 0.3) is 11.0 Å². The average molecular weight is 363 g/mol. The zero-order valence-electron chi connectivity index (χ0n) is 13.3. The Bertz CT molecular complexity index is 1080. The molecule has 3 aromatic rings. The smallest absolute Gasteiger partial charge is 0.302 e. The Morgan fingerprint density at radius 1 is 1.28 bits per heavy atom. The van der Waals surface area contributed by atoms with Gasteiger partial charge in [-0.15, -0.1) is 0 Å². The van der Waals surface area contributed by atoms with Crippen LogP contribution in [0.5, 0.6) is 0 Å². The summed E-state index contributed by atoms with van der Waals surface area (Å²) in [4.78, 5) is 16.2. The summed E-state index contributed by atoms with van der Waals surface area (Å²) in [5, 5.41) is 3.21. The van der Waals surface area contributed by atoms with Crippen LogP contribution < -0.4 is 10.0 Å². The Morgan fingerprint density at radius 3 is 2.72 bits per heavy atom. The number of anilines is 2. The summed E-state index contributed by atoms with van der Waals surface area (Å²) in [6, 6.07) is 6.06. The van der Waals surface area contributed by atoms with E-state index in [2.05, 4.69) is 10.3 Å². The molecule has 0 saturated heterocycles. The number of hydrogen-bond acceptors (Lipinski definition) is 6. The first-order valence-electron chi connectivity index (χ1n) is 7.16. The molecule has 0 spiro atoms. The molecule has 0 radical (unpaired) electrons. The molecule has 2 N–H and O–H groups in total. The quantitative estimate of drug-likeness (QED) is 0.739. The van der Waals surface area contributed by atoms with Crippen LogP contribution in [0.4, 0.5) is 15.8 Å². The Balaban J connectivity index is 2.11. The lowest BCUT2D eigenvalue weighted by molar-refractivity contribution is 0.0958. The number of carbonyl (C=O) groups is 1. The van der Waals surface area contributed by atoms with E-state index >= 15 is 0 Å². The lowest BCUT2D eigenvalue weighted by atomic mass is 10.2. The fraction of sp³-hybridized carbons (Fsp3) is 0.125. The van der Waals surface area contributed by atoms with E-state index in [1.165, 1.54) is 30.6 Å². The van der Waals surface area contributed by atoms with Crippen molar-refractivity contribution in [1.29, 1.82) is 0 Å². The van der Waals surface area contributed by atoms with E-state index in [0.717, 1.165) is 11.8 Å². The van der Waals surface area contributed by atoms with E-state index < -0.39 is 21.7 Å². The summed E-state index contributed by atoms with van der Waals surface area (Å²) < 4.78 is 44.1. The van der Waals surface area contributed by atoms with E-state index in [1.807, 2.05) is 4.72 Å². The second kappa shape index (κ2) is 6.17. The maximum absolute atomic E-state index is 14.1. The number of carbonyl (C=O) groups excluding carboxylic acids is 1. The number of pyridine rings is 1. The van der Waals surface area contributed by atoms with Crippen molar-refractivity contribution in [3.63, 3.8) is 0 Å². The van der Waals surface area contributed by atoms with Crippen molar-refractivity contribution in [2.24, 2.45) is 0 Å². The van der Waals surface area contributed by atoms with Gasteiger partial charge in [-0.3, -0.25) is 9.78 Å². The molecule has 1 aromatic carbocycles. The third-order valence-corrected chi connectivity index (χ3v) is 3.91. The largest absolute Gasteiger partial charge is 0.448 e. The van der Waals surface area contributed by atoms with Crippen LogP contribution in [0.15, 0.2) is 41.1 Å². The Hall–Kier alpha value is -2.94. The van der Waals surface area contributed by atoms with Crippen LogP contribution in [0, 0.1) is 12.7 Å². The second-order valence-corrected chi connectivity index (χ2v) is 7.24. The van der Waals surface area contributed by atoms with Crippen molar-refractivity contribution >= 4 is 38.3 Å². The van der Waals surface area contributed by atoms with Gasteiger partial charge in [-0.1, -0.05) is 6.07 Å². The Labute approximate surface area is 142 Å². The van der Waals surface area contributed by atoms with E-state index in [4.69, 9.17) is 4.42 Å². The number of furan rings is 1. The number of benzene rings is 1. The molecular weight excluding hydrogens is 349 g/mol. The predicted molar refractivity (Wildman–Crippen MR) is 90.7 cm³/mol. The average Bonchev–Trinajstić information content (AvgIpc) is 2.87. The van der Waals surface area contributed by atoms with Gasteiger partial charge in [0.1, 0.15) is 17.1 Å². The van der Waals surface area contributed by atoms with Gasteiger partial charge in [-0.05, 0) is 30.7 Å². The molecule has 7 nitrogen and oxygen atoms in total. The molecule has 0 fully saturated rings. The van der Waals surface area contributed by atoms with Crippen molar-refractivity contribution < 1.29 is 22.0 Å². The van der Waals surface area contributed by atoms with E-state index in [-0.39, 0.29) is 17.1 Å². The standard InChI is InChI=1S/C16H14FN3O4S/c1-9-3-4-12(11(17)7-9)19-14-10-8-18-6-5-13(10)24-15(14)16(21)20-25(2,22)23/h3-8,19H,1-2H3,(H,20,21). The molecule has 0 atom stereocenters. The maximum atomic E-state index is 14.1. The zero-order chi connectivity index (χ0) is 18.2.